The van der Waals surface area contributed by atoms with E-state index in [2.05, 4.69) is 15.5 Å². The molecule has 2 aromatic carbocycles. The van der Waals surface area contributed by atoms with Crippen LogP contribution in [0, 0.1) is 5.92 Å². The quantitative estimate of drug-likeness (QED) is 0.422. The summed E-state index contributed by atoms with van der Waals surface area (Å²) in [4.78, 5) is 29.6. The van der Waals surface area contributed by atoms with E-state index in [4.69, 9.17) is 37.2 Å². The number of rotatable bonds is 9. The van der Waals surface area contributed by atoms with Gasteiger partial charge in [0.1, 0.15) is 11.8 Å². The number of aromatic nitrogens is 2. The Morgan fingerprint density at radius 2 is 1.91 bits per heavy atom. The van der Waals surface area contributed by atoms with Crippen molar-refractivity contribution in [3.63, 3.8) is 0 Å². The predicted molar refractivity (Wildman–Crippen MR) is 123 cm³/mol. The third-order valence-corrected chi connectivity index (χ3v) is 5.16. The maximum atomic E-state index is 12.7. The number of carbonyl (C=O) groups is 2. The Labute approximate surface area is 201 Å². The molecule has 174 valence electrons. The van der Waals surface area contributed by atoms with Crippen molar-refractivity contribution in [2.75, 3.05) is 6.61 Å². The molecule has 3 rings (SSSR count). The van der Waals surface area contributed by atoms with Crippen molar-refractivity contribution in [3.05, 3.63) is 64.0 Å². The first kappa shape index (κ1) is 24.5. The number of halogens is 2. The lowest BCUT2D eigenvalue weighted by atomic mass is 10.0. The van der Waals surface area contributed by atoms with Gasteiger partial charge in [-0.1, -0.05) is 54.3 Å². The van der Waals surface area contributed by atoms with E-state index in [1.54, 1.807) is 32.0 Å². The van der Waals surface area contributed by atoms with Gasteiger partial charge in [0.2, 0.25) is 5.82 Å². The molecule has 0 aliphatic carbocycles. The first-order chi connectivity index (χ1) is 15.8. The monoisotopic (exact) mass is 491 g/mol. The maximum absolute atomic E-state index is 12.7. The molecule has 1 N–H and O–H groups in total. The molecule has 0 saturated heterocycles. The van der Waals surface area contributed by atoms with Crippen LogP contribution in [-0.4, -0.2) is 34.7 Å². The van der Waals surface area contributed by atoms with Crippen LogP contribution in [-0.2, 0) is 16.1 Å². The zero-order valence-electron chi connectivity index (χ0n) is 18.3. The number of ether oxygens (including phenoxy) is 2. The Bertz CT molecular complexity index is 1130. The third kappa shape index (κ3) is 6.24. The lowest BCUT2D eigenvalue weighted by Crippen LogP contribution is -2.45. The van der Waals surface area contributed by atoms with Crippen molar-refractivity contribution in [1.82, 2.24) is 15.5 Å². The van der Waals surface area contributed by atoms with Crippen LogP contribution in [0.4, 0.5) is 0 Å². The van der Waals surface area contributed by atoms with Gasteiger partial charge in [-0.15, -0.1) is 0 Å². The number of esters is 1. The summed E-state index contributed by atoms with van der Waals surface area (Å²) in [6.07, 6.45) is 0. The van der Waals surface area contributed by atoms with E-state index in [1.165, 1.54) is 12.1 Å². The summed E-state index contributed by atoms with van der Waals surface area (Å²) in [7, 11) is 0. The summed E-state index contributed by atoms with van der Waals surface area (Å²) >= 11 is 12.0. The van der Waals surface area contributed by atoms with E-state index < -0.39 is 17.9 Å². The van der Waals surface area contributed by atoms with Gasteiger partial charge in [-0.25, -0.2) is 4.79 Å². The molecule has 1 heterocycles. The summed E-state index contributed by atoms with van der Waals surface area (Å²) in [5, 5.41) is 7.18. The van der Waals surface area contributed by atoms with Crippen molar-refractivity contribution < 1.29 is 23.6 Å². The lowest BCUT2D eigenvalue weighted by Gasteiger charge is -2.20. The second-order valence-electron chi connectivity index (χ2n) is 7.37. The third-order valence-electron chi connectivity index (χ3n) is 4.62. The largest absolute Gasteiger partial charge is 0.493 e. The van der Waals surface area contributed by atoms with Gasteiger partial charge in [0.25, 0.3) is 11.8 Å². The Kier molecular flexibility index (Phi) is 8.30. The van der Waals surface area contributed by atoms with Gasteiger partial charge in [0.15, 0.2) is 6.61 Å². The molecule has 0 bridgehead atoms. The highest BCUT2D eigenvalue weighted by molar-refractivity contribution is 6.36. The molecule has 0 aliphatic heterocycles. The second-order valence-corrected chi connectivity index (χ2v) is 8.21. The topological polar surface area (TPSA) is 104 Å². The highest BCUT2D eigenvalue weighted by Gasteiger charge is 2.27. The van der Waals surface area contributed by atoms with E-state index in [0.717, 1.165) is 0 Å². The van der Waals surface area contributed by atoms with E-state index in [-0.39, 0.29) is 29.0 Å². The van der Waals surface area contributed by atoms with Crippen molar-refractivity contribution in [2.24, 2.45) is 5.92 Å². The molecule has 0 radical (unpaired) electrons. The number of hydrogen-bond donors (Lipinski definition) is 1. The van der Waals surface area contributed by atoms with E-state index in [9.17, 15) is 9.59 Å². The molecule has 0 aliphatic rings. The summed E-state index contributed by atoms with van der Waals surface area (Å²) in [5.41, 5.74) is 0.863. The van der Waals surface area contributed by atoms with Crippen LogP contribution in [0.1, 0.15) is 37.0 Å². The standard InChI is InChI=1S/C23H23Cl2N3O5/c1-4-31-18-8-6-5-7-16(18)21-26-19(33-28-21)12-32-23(30)20(13(2)3)27-22(29)15-10-9-14(24)11-17(15)25/h5-11,13,20H,4,12H2,1-3H3,(H,27,29)/t20-/m0/s1. The van der Waals surface area contributed by atoms with E-state index in [1.807, 2.05) is 19.1 Å². The second kappa shape index (κ2) is 11.2. The molecule has 1 atom stereocenters. The van der Waals surface area contributed by atoms with Crippen LogP contribution in [0.5, 0.6) is 5.75 Å². The average Bonchev–Trinajstić information content (AvgIpc) is 3.25. The van der Waals surface area contributed by atoms with Crippen molar-refractivity contribution in [1.29, 1.82) is 0 Å². The van der Waals surface area contributed by atoms with E-state index >= 15 is 0 Å². The van der Waals surface area contributed by atoms with Gasteiger partial charge in [-0.2, -0.15) is 4.98 Å². The smallest absolute Gasteiger partial charge is 0.329 e. The van der Waals surface area contributed by atoms with Gasteiger partial charge in [0, 0.05) is 5.02 Å². The van der Waals surface area contributed by atoms with Crippen molar-refractivity contribution >= 4 is 35.1 Å². The van der Waals surface area contributed by atoms with Crippen LogP contribution in [0.15, 0.2) is 47.0 Å². The summed E-state index contributed by atoms with van der Waals surface area (Å²) < 4.78 is 16.1. The Hall–Kier alpha value is -3.10. The molecule has 33 heavy (non-hydrogen) atoms. The molecule has 1 amide bonds. The lowest BCUT2D eigenvalue weighted by molar-refractivity contribution is -0.149. The van der Waals surface area contributed by atoms with E-state index in [0.29, 0.717) is 28.8 Å². The summed E-state index contributed by atoms with van der Waals surface area (Å²) in [6, 6.07) is 10.9. The normalized spacial score (nSPS) is 11.8. The van der Waals surface area contributed by atoms with Gasteiger partial charge in [-0.05, 0) is 43.2 Å². The first-order valence-corrected chi connectivity index (χ1v) is 11.0. The summed E-state index contributed by atoms with van der Waals surface area (Å²) in [6.45, 7) is 5.69. The molecule has 0 saturated carbocycles. The van der Waals surface area contributed by atoms with Crippen LogP contribution in [0.25, 0.3) is 11.4 Å². The highest BCUT2D eigenvalue weighted by atomic mass is 35.5. The Balaban J connectivity index is 1.66. The minimum absolute atomic E-state index is 0.110. The number of amides is 1. The molecule has 0 unspecified atom stereocenters. The number of benzene rings is 2. The van der Waals surface area contributed by atoms with Gasteiger partial charge in [-0.3, -0.25) is 4.79 Å². The molecular formula is C23H23Cl2N3O5. The van der Waals surface area contributed by atoms with Gasteiger partial charge in [0.05, 0.1) is 22.8 Å². The molecule has 8 nitrogen and oxygen atoms in total. The Morgan fingerprint density at radius 3 is 2.61 bits per heavy atom. The number of nitrogens with one attached hydrogen (secondary N) is 1. The number of nitrogens with zero attached hydrogens (tertiary/aromatic N) is 2. The van der Waals surface area contributed by atoms with Crippen LogP contribution in [0.2, 0.25) is 10.0 Å². The minimum atomic E-state index is -0.912. The van der Waals surface area contributed by atoms with Crippen molar-refractivity contribution in [3.8, 4) is 17.1 Å². The number of para-hydroxylation sites is 1. The first-order valence-electron chi connectivity index (χ1n) is 10.3. The van der Waals surface area contributed by atoms with Crippen LogP contribution in [0.3, 0.4) is 0 Å². The van der Waals surface area contributed by atoms with Crippen LogP contribution < -0.4 is 10.1 Å². The highest BCUT2D eigenvalue weighted by Crippen LogP contribution is 2.27. The SMILES string of the molecule is CCOc1ccccc1-c1noc(COC(=O)[C@@H](NC(=O)c2ccc(Cl)cc2Cl)C(C)C)n1. The molecule has 3 aromatic rings. The Morgan fingerprint density at radius 1 is 1.15 bits per heavy atom. The summed E-state index contributed by atoms with van der Waals surface area (Å²) in [5.74, 6) is -0.357. The molecular weight excluding hydrogens is 469 g/mol. The molecule has 0 fully saturated rings. The fourth-order valence-corrected chi connectivity index (χ4v) is 3.46. The number of hydrogen-bond acceptors (Lipinski definition) is 7. The number of carbonyl (C=O) groups excluding carboxylic acids is 2. The maximum Gasteiger partial charge on any atom is 0.329 e. The molecule has 1 aromatic heterocycles. The fraction of sp³-hybridized carbons (Fsp3) is 0.304. The van der Waals surface area contributed by atoms with Gasteiger partial charge < -0.3 is 19.3 Å². The minimum Gasteiger partial charge on any atom is -0.493 e. The molecule has 0 spiro atoms. The van der Waals surface area contributed by atoms with Crippen molar-refractivity contribution in [2.45, 2.75) is 33.4 Å². The van der Waals surface area contributed by atoms with Crippen LogP contribution >= 0.6 is 23.2 Å². The zero-order chi connectivity index (χ0) is 24.0. The molecule has 10 heteroatoms. The predicted octanol–water partition coefficient (Wildman–Crippen LogP) is 4.94. The average molecular weight is 492 g/mol. The fourth-order valence-electron chi connectivity index (χ4n) is 2.97. The van der Waals surface area contributed by atoms with Gasteiger partial charge >= 0.3 is 5.97 Å². The zero-order valence-corrected chi connectivity index (χ0v) is 19.8.